The zero-order valence-electron chi connectivity index (χ0n) is 15.2. The van der Waals surface area contributed by atoms with Crippen LogP contribution in [0, 0.1) is 17.7 Å². The van der Waals surface area contributed by atoms with E-state index in [1.165, 1.54) is 0 Å². The summed E-state index contributed by atoms with van der Waals surface area (Å²) in [6.07, 6.45) is -3.61. The summed E-state index contributed by atoms with van der Waals surface area (Å²) in [4.78, 5) is 26.1. The summed E-state index contributed by atoms with van der Waals surface area (Å²) >= 11 is 0. The van der Waals surface area contributed by atoms with Crippen molar-refractivity contribution in [2.75, 3.05) is 25.0 Å². The summed E-state index contributed by atoms with van der Waals surface area (Å²) in [5, 5.41) is 5.22. The Bertz CT molecular complexity index is 692. The fourth-order valence-electron chi connectivity index (χ4n) is 2.85. The number of benzene rings is 1. The van der Waals surface area contributed by atoms with Crippen LogP contribution in [0.2, 0.25) is 0 Å². The van der Waals surface area contributed by atoms with Gasteiger partial charge in [0.25, 0.3) is 0 Å². The van der Waals surface area contributed by atoms with Gasteiger partial charge in [0, 0.05) is 25.3 Å². The Kier molecular flexibility index (Phi) is 6.67. The molecule has 0 unspecified atom stereocenters. The lowest BCUT2D eigenvalue weighted by Gasteiger charge is -2.32. The normalized spacial score (nSPS) is 17.7. The molecule has 1 saturated heterocycles. The molecule has 27 heavy (non-hydrogen) atoms. The van der Waals surface area contributed by atoms with Crippen LogP contribution in [-0.2, 0) is 11.0 Å². The third-order valence-corrected chi connectivity index (χ3v) is 4.28. The van der Waals surface area contributed by atoms with Crippen LogP contribution < -0.4 is 10.6 Å². The van der Waals surface area contributed by atoms with Gasteiger partial charge in [-0.25, -0.2) is 9.18 Å². The van der Waals surface area contributed by atoms with Gasteiger partial charge in [-0.05, 0) is 37.0 Å². The van der Waals surface area contributed by atoms with E-state index < -0.39 is 29.4 Å². The number of hydrogen-bond acceptors (Lipinski definition) is 2. The Balaban J connectivity index is 1.97. The zero-order chi connectivity index (χ0) is 20.2. The Morgan fingerprint density at radius 1 is 1.30 bits per heavy atom. The molecule has 1 aromatic carbocycles. The van der Waals surface area contributed by atoms with E-state index in [-0.39, 0.29) is 18.3 Å². The van der Waals surface area contributed by atoms with Gasteiger partial charge in [-0.2, -0.15) is 13.2 Å². The quantitative estimate of drug-likeness (QED) is 0.769. The van der Waals surface area contributed by atoms with E-state index in [9.17, 15) is 27.2 Å². The number of carbonyl (C=O) groups excluding carboxylic acids is 2. The van der Waals surface area contributed by atoms with Crippen molar-refractivity contribution in [3.63, 3.8) is 0 Å². The molecule has 0 saturated carbocycles. The third-order valence-electron chi connectivity index (χ3n) is 4.28. The number of carbonyl (C=O) groups is 2. The molecular formula is C18H23F4N3O2. The van der Waals surface area contributed by atoms with Gasteiger partial charge in [0.15, 0.2) is 0 Å². The number of alkyl halides is 3. The van der Waals surface area contributed by atoms with E-state index in [0.29, 0.717) is 44.0 Å². The van der Waals surface area contributed by atoms with Crippen LogP contribution in [0.3, 0.4) is 0 Å². The molecule has 0 spiro atoms. The predicted octanol–water partition coefficient (Wildman–Crippen LogP) is 3.86. The molecular weight excluding hydrogens is 366 g/mol. The van der Waals surface area contributed by atoms with Crippen LogP contribution in [0.25, 0.3) is 0 Å². The minimum atomic E-state index is -4.79. The molecule has 150 valence electrons. The monoisotopic (exact) mass is 389 g/mol. The first kappa shape index (κ1) is 21.0. The topological polar surface area (TPSA) is 61.4 Å². The molecule has 1 atom stereocenters. The Labute approximate surface area is 155 Å². The van der Waals surface area contributed by atoms with Gasteiger partial charge in [0.2, 0.25) is 5.91 Å². The highest BCUT2D eigenvalue weighted by molar-refractivity contribution is 5.93. The lowest BCUT2D eigenvalue weighted by molar-refractivity contribution is -0.140. The number of hydrogen-bond donors (Lipinski definition) is 2. The van der Waals surface area contributed by atoms with Crippen molar-refractivity contribution < 1.29 is 27.2 Å². The molecule has 1 aliphatic rings. The van der Waals surface area contributed by atoms with Crippen LogP contribution in [0.15, 0.2) is 18.2 Å². The fraction of sp³-hybridized carbons (Fsp3) is 0.556. The molecule has 0 aliphatic carbocycles. The minimum absolute atomic E-state index is 0.0492. The molecule has 1 aromatic rings. The molecule has 2 rings (SSSR count). The number of piperidine rings is 1. The summed E-state index contributed by atoms with van der Waals surface area (Å²) in [6, 6.07) is 2.01. The molecule has 5 nitrogen and oxygen atoms in total. The van der Waals surface area contributed by atoms with Crippen LogP contribution in [0.5, 0.6) is 0 Å². The number of nitrogens with zero attached hydrogens (tertiary/aromatic N) is 1. The Hall–Kier alpha value is -2.32. The van der Waals surface area contributed by atoms with E-state index in [2.05, 4.69) is 10.6 Å². The molecule has 0 bridgehead atoms. The fourth-order valence-corrected chi connectivity index (χ4v) is 2.85. The van der Waals surface area contributed by atoms with Crippen molar-refractivity contribution in [1.82, 2.24) is 10.2 Å². The number of anilines is 1. The minimum Gasteiger partial charge on any atom is -0.338 e. The van der Waals surface area contributed by atoms with E-state index in [1.807, 2.05) is 13.8 Å². The SMILES string of the molecule is CC(C)CNC(=O)N1CCC[C@H](C(=O)Nc2ccc(C(F)(F)F)c(F)c2)C1. The second-order valence-corrected chi connectivity index (χ2v) is 7.05. The predicted molar refractivity (Wildman–Crippen MR) is 92.6 cm³/mol. The van der Waals surface area contributed by atoms with Gasteiger partial charge >= 0.3 is 12.2 Å². The van der Waals surface area contributed by atoms with E-state index >= 15 is 0 Å². The number of halogens is 4. The standard InChI is InChI=1S/C18H23F4N3O2/c1-11(2)9-23-17(27)25-7-3-4-12(10-25)16(26)24-13-5-6-14(15(19)8-13)18(20,21)22/h5-6,8,11-12H,3-4,7,9-10H2,1-2H3,(H,23,27)(H,24,26)/t12-/m0/s1. The second-order valence-electron chi connectivity index (χ2n) is 7.05. The molecule has 2 N–H and O–H groups in total. The number of nitrogens with one attached hydrogen (secondary N) is 2. The first-order chi connectivity index (χ1) is 12.6. The van der Waals surface area contributed by atoms with Crippen molar-refractivity contribution in [1.29, 1.82) is 0 Å². The lowest BCUT2D eigenvalue weighted by atomic mass is 9.97. The molecule has 1 fully saturated rings. The Morgan fingerprint density at radius 2 is 2.00 bits per heavy atom. The van der Waals surface area contributed by atoms with Crippen molar-refractivity contribution >= 4 is 17.6 Å². The van der Waals surface area contributed by atoms with Gasteiger partial charge in [0.05, 0.1) is 11.5 Å². The highest BCUT2D eigenvalue weighted by Gasteiger charge is 2.34. The molecule has 0 radical (unpaired) electrons. The number of urea groups is 1. The van der Waals surface area contributed by atoms with E-state index in [4.69, 9.17) is 0 Å². The maximum atomic E-state index is 13.6. The highest BCUT2D eigenvalue weighted by atomic mass is 19.4. The molecule has 9 heteroatoms. The average molecular weight is 389 g/mol. The third kappa shape index (κ3) is 5.83. The van der Waals surface area contributed by atoms with E-state index in [1.54, 1.807) is 4.90 Å². The average Bonchev–Trinajstić information content (AvgIpc) is 2.58. The van der Waals surface area contributed by atoms with Gasteiger partial charge in [-0.1, -0.05) is 13.8 Å². The summed E-state index contributed by atoms with van der Waals surface area (Å²) in [6.45, 7) is 5.20. The van der Waals surface area contributed by atoms with Crippen molar-refractivity contribution in [2.24, 2.45) is 11.8 Å². The zero-order valence-corrected chi connectivity index (χ0v) is 15.2. The van der Waals surface area contributed by atoms with Gasteiger partial charge in [0.1, 0.15) is 5.82 Å². The summed E-state index contributed by atoms with van der Waals surface area (Å²) < 4.78 is 51.4. The van der Waals surface area contributed by atoms with Crippen LogP contribution in [0.4, 0.5) is 28.0 Å². The highest BCUT2D eigenvalue weighted by Crippen LogP contribution is 2.32. The van der Waals surface area contributed by atoms with Crippen molar-refractivity contribution in [3.05, 3.63) is 29.6 Å². The number of likely N-dealkylation sites (tertiary alicyclic amines) is 1. The van der Waals surface area contributed by atoms with Crippen molar-refractivity contribution in [3.8, 4) is 0 Å². The number of rotatable bonds is 4. The maximum absolute atomic E-state index is 13.6. The smallest absolute Gasteiger partial charge is 0.338 e. The van der Waals surface area contributed by atoms with E-state index in [0.717, 1.165) is 6.07 Å². The van der Waals surface area contributed by atoms with Crippen LogP contribution >= 0.6 is 0 Å². The van der Waals surface area contributed by atoms with Crippen molar-refractivity contribution in [2.45, 2.75) is 32.9 Å². The molecule has 1 heterocycles. The van der Waals surface area contributed by atoms with Gasteiger partial charge in [-0.3, -0.25) is 4.79 Å². The maximum Gasteiger partial charge on any atom is 0.419 e. The van der Waals surface area contributed by atoms with Crippen LogP contribution in [-0.4, -0.2) is 36.5 Å². The molecule has 0 aromatic heterocycles. The molecule has 3 amide bonds. The van der Waals surface area contributed by atoms with Gasteiger partial charge in [-0.15, -0.1) is 0 Å². The second kappa shape index (κ2) is 8.58. The molecule has 1 aliphatic heterocycles. The first-order valence-corrected chi connectivity index (χ1v) is 8.78. The first-order valence-electron chi connectivity index (χ1n) is 8.78. The number of amides is 3. The largest absolute Gasteiger partial charge is 0.419 e. The summed E-state index contributed by atoms with van der Waals surface area (Å²) in [7, 11) is 0. The van der Waals surface area contributed by atoms with Gasteiger partial charge < -0.3 is 15.5 Å². The lowest BCUT2D eigenvalue weighted by Crippen LogP contribution is -2.48. The van der Waals surface area contributed by atoms with Crippen LogP contribution in [0.1, 0.15) is 32.3 Å². The summed E-state index contributed by atoms with van der Waals surface area (Å²) in [5.41, 5.74) is -1.43. The summed E-state index contributed by atoms with van der Waals surface area (Å²) in [5.74, 6) is -2.10. The Morgan fingerprint density at radius 3 is 2.59 bits per heavy atom.